The number of hydrogen-bond acceptors (Lipinski definition) is 5. The standard InChI is InChI=1S/C20H22Cl2N6O3/c1-25-17-15(18(30)26(2)20(25)31)28(10-11-3-4-13(21)14(22)9-11)19(24-17)27-7-5-12(6-8-27)16(23)29/h3-4,9,12H,5-8,10H2,1-2H3,(H2,23,29). The lowest BCUT2D eigenvalue weighted by atomic mass is 9.96. The number of imidazole rings is 1. The Morgan fingerprint density at radius 1 is 1.13 bits per heavy atom. The van der Waals surface area contributed by atoms with E-state index < -0.39 is 11.2 Å². The fourth-order valence-corrected chi connectivity index (χ4v) is 4.33. The van der Waals surface area contributed by atoms with Crippen LogP contribution in [0.25, 0.3) is 11.2 Å². The minimum Gasteiger partial charge on any atom is -0.369 e. The third-order valence-corrected chi connectivity index (χ3v) is 6.57. The van der Waals surface area contributed by atoms with Crippen LogP contribution >= 0.6 is 23.2 Å². The summed E-state index contributed by atoms with van der Waals surface area (Å²) in [6, 6.07) is 5.27. The van der Waals surface area contributed by atoms with Gasteiger partial charge < -0.3 is 10.6 Å². The molecule has 1 aromatic carbocycles. The first-order valence-electron chi connectivity index (χ1n) is 9.83. The third-order valence-electron chi connectivity index (χ3n) is 5.83. The Kier molecular flexibility index (Phi) is 5.57. The maximum Gasteiger partial charge on any atom is 0.332 e. The smallest absolute Gasteiger partial charge is 0.332 e. The summed E-state index contributed by atoms with van der Waals surface area (Å²) in [4.78, 5) is 43.7. The van der Waals surface area contributed by atoms with Gasteiger partial charge in [0.05, 0.1) is 16.6 Å². The average Bonchev–Trinajstić information content (AvgIpc) is 3.12. The lowest BCUT2D eigenvalue weighted by Gasteiger charge is -2.31. The molecule has 1 saturated heterocycles. The Bertz CT molecular complexity index is 1300. The summed E-state index contributed by atoms with van der Waals surface area (Å²) in [5.74, 6) is 0.0730. The van der Waals surface area contributed by atoms with Crippen LogP contribution in [0, 0.1) is 5.92 Å². The fraction of sp³-hybridized carbons (Fsp3) is 0.400. The average molecular weight is 465 g/mol. The molecule has 0 atom stereocenters. The number of carbonyl (C=O) groups is 1. The van der Waals surface area contributed by atoms with Crippen LogP contribution in [0.3, 0.4) is 0 Å². The molecule has 0 aliphatic carbocycles. The van der Waals surface area contributed by atoms with E-state index in [1.165, 1.54) is 11.6 Å². The van der Waals surface area contributed by atoms with E-state index in [-0.39, 0.29) is 11.8 Å². The molecule has 11 heteroatoms. The Hall–Kier alpha value is -2.78. The summed E-state index contributed by atoms with van der Waals surface area (Å²) in [7, 11) is 3.03. The van der Waals surface area contributed by atoms with Gasteiger partial charge in [0.2, 0.25) is 11.9 Å². The molecule has 9 nitrogen and oxygen atoms in total. The zero-order valence-electron chi connectivity index (χ0n) is 17.1. The number of primary amides is 1. The Morgan fingerprint density at radius 2 is 1.81 bits per heavy atom. The van der Waals surface area contributed by atoms with Gasteiger partial charge in [-0.05, 0) is 30.5 Å². The van der Waals surface area contributed by atoms with Gasteiger partial charge in [0, 0.05) is 33.1 Å². The normalized spacial score (nSPS) is 15.0. The van der Waals surface area contributed by atoms with E-state index in [0.29, 0.717) is 59.6 Å². The molecule has 3 aromatic rings. The second kappa shape index (κ2) is 8.05. The van der Waals surface area contributed by atoms with E-state index in [4.69, 9.17) is 28.9 Å². The van der Waals surface area contributed by atoms with Gasteiger partial charge in [-0.1, -0.05) is 29.3 Å². The number of piperidine rings is 1. The van der Waals surface area contributed by atoms with Crippen LogP contribution < -0.4 is 21.9 Å². The second-order valence-electron chi connectivity index (χ2n) is 7.79. The van der Waals surface area contributed by atoms with Crippen LogP contribution in [-0.2, 0) is 25.4 Å². The molecule has 0 unspecified atom stereocenters. The predicted octanol–water partition coefficient (Wildman–Crippen LogP) is 1.49. The van der Waals surface area contributed by atoms with Crippen molar-refractivity contribution in [3.63, 3.8) is 0 Å². The third kappa shape index (κ3) is 3.72. The van der Waals surface area contributed by atoms with Gasteiger partial charge in [-0.25, -0.2) is 4.79 Å². The Labute approximate surface area is 187 Å². The van der Waals surface area contributed by atoms with Crippen molar-refractivity contribution in [3.8, 4) is 0 Å². The molecule has 1 fully saturated rings. The van der Waals surface area contributed by atoms with Crippen LogP contribution in [0.2, 0.25) is 10.0 Å². The first kappa shape index (κ1) is 21.5. The molecule has 0 bridgehead atoms. The number of hydrogen-bond donors (Lipinski definition) is 1. The van der Waals surface area contributed by atoms with E-state index >= 15 is 0 Å². The molecule has 1 aliphatic heterocycles. The highest BCUT2D eigenvalue weighted by molar-refractivity contribution is 6.42. The second-order valence-corrected chi connectivity index (χ2v) is 8.60. The van der Waals surface area contributed by atoms with Crippen molar-refractivity contribution in [1.82, 2.24) is 18.7 Å². The van der Waals surface area contributed by atoms with Crippen LogP contribution in [0.5, 0.6) is 0 Å². The van der Waals surface area contributed by atoms with E-state index in [2.05, 4.69) is 4.98 Å². The minimum atomic E-state index is -0.448. The number of halogens is 2. The minimum absolute atomic E-state index is 0.179. The summed E-state index contributed by atoms with van der Waals surface area (Å²) in [6.45, 7) is 1.44. The number of amides is 1. The summed E-state index contributed by atoms with van der Waals surface area (Å²) < 4.78 is 4.22. The van der Waals surface area contributed by atoms with Crippen molar-refractivity contribution in [1.29, 1.82) is 0 Å². The number of rotatable bonds is 4. The maximum atomic E-state index is 13.0. The van der Waals surface area contributed by atoms with Gasteiger partial charge in [-0.3, -0.25) is 23.3 Å². The first-order chi connectivity index (χ1) is 14.7. The highest BCUT2D eigenvalue weighted by Crippen LogP contribution is 2.28. The van der Waals surface area contributed by atoms with Crippen molar-refractivity contribution >= 4 is 46.2 Å². The zero-order chi connectivity index (χ0) is 22.4. The fourth-order valence-electron chi connectivity index (χ4n) is 4.01. The molecule has 3 heterocycles. The molecule has 2 aromatic heterocycles. The van der Waals surface area contributed by atoms with Gasteiger partial charge in [0.1, 0.15) is 0 Å². The Balaban J connectivity index is 1.87. The number of fused-ring (bicyclic) bond motifs is 1. The highest BCUT2D eigenvalue weighted by Gasteiger charge is 2.28. The topological polar surface area (TPSA) is 108 Å². The summed E-state index contributed by atoms with van der Waals surface area (Å²) >= 11 is 12.2. The number of aryl methyl sites for hydroxylation is 1. The van der Waals surface area contributed by atoms with Crippen LogP contribution in [-0.4, -0.2) is 37.7 Å². The van der Waals surface area contributed by atoms with E-state index in [0.717, 1.165) is 10.1 Å². The molecular formula is C20H22Cl2N6O3. The van der Waals surface area contributed by atoms with E-state index in [9.17, 15) is 14.4 Å². The summed E-state index contributed by atoms with van der Waals surface area (Å²) in [5, 5.41) is 0.848. The molecule has 4 rings (SSSR count). The molecule has 0 radical (unpaired) electrons. The number of aromatic nitrogens is 4. The van der Waals surface area contributed by atoms with Gasteiger partial charge in [-0.2, -0.15) is 4.98 Å². The van der Waals surface area contributed by atoms with Gasteiger partial charge >= 0.3 is 5.69 Å². The maximum absolute atomic E-state index is 13.0. The first-order valence-corrected chi connectivity index (χ1v) is 10.6. The summed E-state index contributed by atoms with van der Waals surface area (Å²) in [6.07, 6.45) is 1.20. The lowest BCUT2D eigenvalue weighted by molar-refractivity contribution is -0.122. The molecule has 0 spiro atoms. The van der Waals surface area contributed by atoms with Gasteiger partial charge in [-0.15, -0.1) is 0 Å². The van der Waals surface area contributed by atoms with Gasteiger partial charge in [0.25, 0.3) is 5.56 Å². The van der Waals surface area contributed by atoms with Crippen molar-refractivity contribution < 1.29 is 4.79 Å². The SMILES string of the molecule is Cn1c(=O)c2c(nc(N3CCC(C(N)=O)CC3)n2Cc2ccc(Cl)c(Cl)c2)n(C)c1=O. The summed E-state index contributed by atoms with van der Waals surface area (Å²) in [5.41, 5.74) is 6.04. The molecule has 0 saturated carbocycles. The van der Waals surface area contributed by atoms with E-state index in [1.54, 1.807) is 23.7 Å². The number of nitrogens with two attached hydrogens (primary N) is 1. The van der Waals surface area contributed by atoms with Crippen molar-refractivity contribution in [2.45, 2.75) is 19.4 Å². The van der Waals surface area contributed by atoms with Crippen molar-refractivity contribution in [2.75, 3.05) is 18.0 Å². The van der Waals surface area contributed by atoms with Crippen LogP contribution in [0.1, 0.15) is 18.4 Å². The quantitative estimate of drug-likeness (QED) is 0.628. The molecule has 164 valence electrons. The predicted molar refractivity (Wildman–Crippen MR) is 120 cm³/mol. The Morgan fingerprint density at radius 3 is 2.42 bits per heavy atom. The van der Waals surface area contributed by atoms with Crippen molar-refractivity contribution in [3.05, 3.63) is 54.6 Å². The van der Waals surface area contributed by atoms with Gasteiger partial charge in [0.15, 0.2) is 11.2 Å². The number of nitrogens with zero attached hydrogens (tertiary/aromatic N) is 5. The van der Waals surface area contributed by atoms with Crippen LogP contribution in [0.4, 0.5) is 5.95 Å². The van der Waals surface area contributed by atoms with Crippen molar-refractivity contribution in [2.24, 2.45) is 25.7 Å². The number of anilines is 1. The molecular weight excluding hydrogens is 443 g/mol. The monoisotopic (exact) mass is 464 g/mol. The number of benzene rings is 1. The molecule has 1 amide bonds. The highest BCUT2D eigenvalue weighted by atomic mass is 35.5. The van der Waals surface area contributed by atoms with Crippen LogP contribution in [0.15, 0.2) is 27.8 Å². The molecule has 31 heavy (non-hydrogen) atoms. The molecule has 1 aliphatic rings. The zero-order valence-corrected chi connectivity index (χ0v) is 18.7. The van der Waals surface area contributed by atoms with E-state index in [1.807, 2.05) is 11.0 Å². The lowest BCUT2D eigenvalue weighted by Crippen LogP contribution is -2.40. The number of carbonyl (C=O) groups excluding carboxylic acids is 1. The molecule has 2 N–H and O–H groups in total. The largest absolute Gasteiger partial charge is 0.369 e.